The van der Waals surface area contributed by atoms with E-state index in [1.54, 1.807) is 25.3 Å². The van der Waals surface area contributed by atoms with Crippen LogP contribution in [0.2, 0.25) is 5.02 Å². The maximum Gasteiger partial charge on any atom is 0.257 e. The molecular formula is C14H17BrClNO2. The molecule has 0 spiro atoms. The van der Waals surface area contributed by atoms with E-state index in [1.165, 1.54) is 0 Å². The molecule has 1 unspecified atom stereocenters. The van der Waals surface area contributed by atoms with Gasteiger partial charge in [0.05, 0.1) is 12.7 Å². The molecule has 0 N–H and O–H groups in total. The molecule has 1 saturated heterocycles. The SMILES string of the molecule is COc1cc(Cl)ccc1C(=O)N1CCC(CCBr)C1. The molecule has 0 aromatic heterocycles. The summed E-state index contributed by atoms with van der Waals surface area (Å²) < 4.78 is 5.24. The summed E-state index contributed by atoms with van der Waals surface area (Å²) in [5.41, 5.74) is 0.589. The lowest BCUT2D eigenvalue weighted by atomic mass is 10.1. The highest BCUT2D eigenvalue weighted by Crippen LogP contribution is 2.27. The first kappa shape index (κ1) is 14.7. The predicted octanol–water partition coefficient (Wildman–Crippen LogP) is 3.60. The summed E-state index contributed by atoms with van der Waals surface area (Å²) in [5, 5.41) is 1.57. The first-order chi connectivity index (χ1) is 9.15. The van der Waals surface area contributed by atoms with Crippen LogP contribution in [0, 0.1) is 5.92 Å². The van der Waals surface area contributed by atoms with Crippen molar-refractivity contribution in [2.75, 3.05) is 25.5 Å². The number of alkyl halides is 1. The third-order valence-corrected chi connectivity index (χ3v) is 4.18. The van der Waals surface area contributed by atoms with Crippen molar-refractivity contribution in [1.29, 1.82) is 0 Å². The van der Waals surface area contributed by atoms with Gasteiger partial charge in [0.25, 0.3) is 5.91 Å². The van der Waals surface area contributed by atoms with Crippen molar-refractivity contribution in [3.63, 3.8) is 0 Å². The molecule has 1 aliphatic heterocycles. The van der Waals surface area contributed by atoms with Gasteiger partial charge in [-0.05, 0) is 37.0 Å². The average Bonchev–Trinajstić information content (AvgIpc) is 2.87. The quantitative estimate of drug-likeness (QED) is 0.780. The zero-order valence-corrected chi connectivity index (χ0v) is 13.2. The monoisotopic (exact) mass is 345 g/mol. The molecule has 2 rings (SSSR count). The number of hydrogen-bond acceptors (Lipinski definition) is 2. The molecule has 1 fully saturated rings. The lowest BCUT2D eigenvalue weighted by Crippen LogP contribution is -2.29. The van der Waals surface area contributed by atoms with Gasteiger partial charge in [0.15, 0.2) is 0 Å². The number of nitrogens with zero attached hydrogens (tertiary/aromatic N) is 1. The number of benzene rings is 1. The van der Waals surface area contributed by atoms with Crippen molar-refractivity contribution in [3.8, 4) is 5.75 Å². The minimum Gasteiger partial charge on any atom is -0.496 e. The van der Waals surface area contributed by atoms with E-state index in [9.17, 15) is 4.79 Å². The number of rotatable bonds is 4. The highest BCUT2D eigenvalue weighted by molar-refractivity contribution is 9.09. The van der Waals surface area contributed by atoms with Gasteiger partial charge in [-0.15, -0.1) is 0 Å². The van der Waals surface area contributed by atoms with Crippen LogP contribution < -0.4 is 4.74 Å². The first-order valence-corrected chi connectivity index (χ1v) is 7.84. The molecular weight excluding hydrogens is 330 g/mol. The summed E-state index contributed by atoms with van der Waals surface area (Å²) in [6.07, 6.45) is 2.19. The van der Waals surface area contributed by atoms with Crippen LogP contribution in [0.3, 0.4) is 0 Å². The molecule has 1 aliphatic rings. The van der Waals surface area contributed by atoms with Crippen LogP contribution in [0.1, 0.15) is 23.2 Å². The summed E-state index contributed by atoms with van der Waals surface area (Å²) >= 11 is 9.37. The molecule has 1 heterocycles. The van der Waals surface area contributed by atoms with Crippen molar-refractivity contribution in [2.45, 2.75) is 12.8 Å². The minimum absolute atomic E-state index is 0.0330. The first-order valence-electron chi connectivity index (χ1n) is 6.34. The van der Waals surface area contributed by atoms with Crippen molar-refractivity contribution >= 4 is 33.4 Å². The number of carbonyl (C=O) groups is 1. The van der Waals surface area contributed by atoms with Gasteiger partial charge in [-0.3, -0.25) is 4.79 Å². The highest BCUT2D eigenvalue weighted by Gasteiger charge is 2.27. The van der Waals surface area contributed by atoms with Crippen LogP contribution in [-0.2, 0) is 0 Å². The second-order valence-electron chi connectivity index (χ2n) is 4.73. The molecule has 5 heteroatoms. The van der Waals surface area contributed by atoms with E-state index in [-0.39, 0.29) is 5.91 Å². The molecule has 0 saturated carbocycles. The van der Waals surface area contributed by atoms with Gasteiger partial charge in [-0.25, -0.2) is 0 Å². The number of hydrogen-bond donors (Lipinski definition) is 0. The predicted molar refractivity (Wildman–Crippen MR) is 80.4 cm³/mol. The van der Waals surface area contributed by atoms with Gasteiger partial charge in [-0.1, -0.05) is 27.5 Å². The molecule has 1 aromatic carbocycles. The molecule has 3 nitrogen and oxygen atoms in total. The number of halogens is 2. The fourth-order valence-electron chi connectivity index (χ4n) is 2.42. The zero-order chi connectivity index (χ0) is 13.8. The molecule has 1 amide bonds. The van der Waals surface area contributed by atoms with E-state index >= 15 is 0 Å². The molecule has 0 bridgehead atoms. The fraction of sp³-hybridized carbons (Fsp3) is 0.500. The maximum absolute atomic E-state index is 12.5. The summed E-state index contributed by atoms with van der Waals surface area (Å²) in [4.78, 5) is 14.4. The van der Waals surface area contributed by atoms with Crippen LogP contribution >= 0.6 is 27.5 Å². The van der Waals surface area contributed by atoms with Crippen molar-refractivity contribution in [3.05, 3.63) is 28.8 Å². The molecule has 1 aromatic rings. The van der Waals surface area contributed by atoms with Crippen molar-refractivity contribution in [1.82, 2.24) is 4.90 Å². The molecule has 1 atom stereocenters. The molecule has 0 aliphatic carbocycles. The van der Waals surface area contributed by atoms with E-state index in [1.807, 2.05) is 4.90 Å². The zero-order valence-electron chi connectivity index (χ0n) is 10.9. The van der Waals surface area contributed by atoms with E-state index < -0.39 is 0 Å². The third-order valence-electron chi connectivity index (χ3n) is 3.48. The normalized spacial score (nSPS) is 18.7. The van der Waals surface area contributed by atoms with Gasteiger partial charge < -0.3 is 9.64 Å². The maximum atomic E-state index is 12.5. The van der Waals surface area contributed by atoms with Gasteiger partial charge in [0.1, 0.15) is 5.75 Å². The van der Waals surface area contributed by atoms with E-state index in [0.717, 1.165) is 31.3 Å². The lowest BCUT2D eigenvalue weighted by Gasteiger charge is -2.18. The highest BCUT2D eigenvalue weighted by atomic mass is 79.9. The van der Waals surface area contributed by atoms with Gasteiger partial charge in [0, 0.05) is 23.4 Å². The van der Waals surface area contributed by atoms with Crippen LogP contribution in [0.4, 0.5) is 0 Å². The number of likely N-dealkylation sites (tertiary alicyclic amines) is 1. The van der Waals surface area contributed by atoms with Crippen LogP contribution in [0.5, 0.6) is 5.75 Å². The smallest absolute Gasteiger partial charge is 0.257 e. The molecule has 104 valence electrons. The van der Waals surface area contributed by atoms with Gasteiger partial charge >= 0.3 is 0 Å². The number of ether oxygens (including phenoxy) is 1. The second-order valence-corrected chi connectivity index (χ2v) is 5.96. The Morgan fingerprint density at radius 2 is 2.37 bits per heavy atom. The number of methoxy groups -OCH3 is 1. The van der Waals surface area contributed by atoms with Gasteiger partial charge in [0.2, 0.25) is 0 Å². The van der Waals surface area contributed by atoms with Crippen LogP contribution in [0.25, 0.3) is 0 Å². The Balaban J connectivity index is 2.12. The lowest BCUT2D eigenvalue weighted by molar-refractivity contribution is 0.0783. The Morgan fingerprint density at radius 1 is 1.58 bits per heavy atom. The molecule has 19 heavy (non-hydrogen) atoms. The Bertz CT molecular complexity index is 467. The second kappa shape index (κ2) is 6.62. The Hall–Kier alpha value is -0.740. The standard InChI is InChI=1S/C14H17BrClNO2/c1-19-13-8-11(16)2-3-12(13)14(18)17-7-5-10(9-17)4-6-15/h2-3,8,10H,4-7,9H2,1H3. The van der Waals surface area contributed by atoms with E-state index in [2.05, 4.69) is 15.9 Å². The van der Waals surface area contributed by atoms with Crippen molar-refractivity contribution in [2.24, 2.45) is 5.92 Å². The Morgan fingerprint density at radius 3 is 3.05 bits per heavy atom. The topological polar surface area (TPSA) is 29.5 Å². The summed E-state index contributed by atoms with van der Waals surface area (Å²) in [5.74, 6) is 1.17. The van der Waals surface area contributed by atoms with Crippen molar-refractivity contribution < 1.29 is 9.53 Å². The number of carbonyl (C=O) groups excluding carboxylic acids is 1. The van der Waals surface area contributed by atoms with E-state index in [0.29, 0.717) is 22.3 Å². The average molecular weight is 347 g/mol. The number of amides is 1. The summed E-state index contributed by atoms with van der Waals surface area (Å²) in [7, 11) is 1.56. The van der Waals surface area contributed by atoms with E-state index in [4.69, 9.17) is 16.3 Å². The largest absolute Gasteiger partial charge is 0.496 e. The van der Waals surface area contributed by atoms with Crippen LogP contribution in [0.15, 0.2) is 18.2 Å². The Kier molecular flexibility index (Phi) is 5.11. The molecule has 0 radical (unpaired) electrons. The summed E-state index contributed by atoms with van der Waals surface area (Å²) in [6.45, 7) is 1.65. The Labute approximate surface area is 127 Å². The minimum atomic E-state index is 0.0330. The third kappa shape index (κ3) is 3.42. The van der Waals surface area contributed by atoms with Crippen LogP contribution in [-0.4, -0.2) is 36.3 Å². The fourth-order valence-corrected chi connectivity index (χ4v) is 3.23. The summed E-state index contributed by atoms with van der Waals surface area (Å²) in [6, 6.07) is 5.14. The van der Waals surface area contributed by atoms with Gasteiger partial charge in [-0.2, -0.15) is 0 Å².